The third kappa shape index (κ3) is 3.09. The lowest BCUT2D eigenvalue weighted by molar-refractivity contribution is 0.271. The first-order valence-corrected chi connectivity index (χ1v) is 8.75. The van der Waals surface area contributed by atoms with E-state index in [0.717, 1.165) is 32.9 Å². The minimum Gasteiger partial charge on any atom is -0.390 e. The van der Waals surface area contributed by atoms with Gasteiger partial charge in [0.05, 0.1) is 24.2 Å². The van der Waals surface area contributed by atoms with Crippen LogP contribution >= 0.6 is 23.1 Å². The SMILES string of the molecule is Cc1nc(-c2ccccc2)sc1CSc1ncc(CO)n1C. The summed E-state index contributed by atoms with van der Waals surface area (Å²) in [6, 6.07) is 10.2. The summed E-state index contributed by atoms with van der Waals surface area (Å²) in [6.07, 6.45) is 1.72. The Balaban J connectivity index is 1.76. The number of nitrogens with zero attached hydrogens (tertiary/aromatic N) is 3. The summed E-state index contributed by atoms with van der Waals surface area (Å²) in [7, 11) is 1.93. The van der Waals surface area contributed by atoms with E-state index in [9.17, 15) is 5.11 Å². The van der Waals surface area contributed by atoms with Crippen LogP contribution in [0.3, 0.4) is 0 Å². The first-order valence-electron chi connectivity index (χ1n) is 6.95. The van der Waals surface area contributed by atoms with Crippen molar-refractivity contribution in [2.24, 2.45) is 7.05 Å². The van der Waals surface area contributed by atoms with Crippen LogP contribution in [0.2, 0.25) is 0 Å². The van der Waals surface area contributed by atoms with Gasteiger partial charge in [-0.3, -0.25) is 0 Å². The number of hydrogen-bond acceptors (Lipinski definition) is 5. The number of aliphatic hydroxyl groups is 1. The van der Waals surface area contributed by atoms with Gasteiger partial charge in [-0.1, -0.05) is 42.1 Å². The number of imidazole rings is 1. The summed E-state index contributed by atoms with van der Waals surface area (Å²) in [5, 5.41) is 11.2. The van der Waals surface area contributed by atoms with Crippen LogP contribution in [0.5, 0.6) is 0 Å². The molecule has 0 bridgehead atoms. The average molecular weight is 331 g/mol. The minimum absolute atomic E-state index is 0.0157. The highest BCUT2D eigenvalue weighted by Gasteiger charge is 2.12. The fourth-order valence-electron chi connectivity index (χ4n) is 2.10. The molecule has 1 aromatic carbocycles. The van der Waals surface area contributed by atoms with E-state index in [1.54, 1.807) is 29.3 Å². The van der Waals surface area contributed by atoms with Crippen molar-refractivity contribution in [2.75, 3.05) is 0 Å². The monoisotopic (exact) mass is 331 g/mol. The molecule has 0 aliphatic rings. The summed E-state index contributed by atoms with van der Waals surface area (Å²) in [4.78, 5) is 10.3. The number of aliphatic hydroxyl groups excluding tert-OH is 1. The highest BCUT2D eigenvalue weighted by atomic mass is 32.2. The second-order valence-electron chi connectivity index (χ2n) is 4.93. The first kappa shape index (κ1) is 15.3. The molecule has 0 radical (unpaired) electrons. The Bertz CT molecular complexity index is 765. The molecule has 114 valence electrons. The number of hydrogen-bond donors (Lipinski definition) is 1. The molecule has 0 aliphatic heterocycles. The van der Waals surface area contributed by atoms with Gasteiger partial charge in [0.1, 0.15) is 5.01 Å². The van der Waals surface area contributed by atoms with Crippen LogP contribution in [0, 0.1) is 6.92 Å². The Labute approximate surface area is 137 Å². The second-order valence-corrected chi connectivity index (χ2v) is 6.96. The highest BCUT2D eigenvalue weighted by Crippen LogP contribution is 2.32. The number of thiazole rings is 1. The van der Waals surface area contributed by atoms with Crippen molar-refractivity contribution in [3.63, 3.8) is 0 Å². The maximum absolute atomic E-state index is 9.21. The Morgan fingerprint density at radius 1 is 1.27 bits per heavy atom. The molecule has 0 saturated carbocycles. The van der Waals surface area contributed by atoms with Crippen molar-refractivity contribution in [3.05, 3.63) is 52.8 Å². The standard InChI is InChI=1S/C16H17N3OS2/c1-11-14(10-21-16-17-8-13(9-20)19(16)2)22-15(18-11)12-6-4-3-5-7-12/h3-8,20H,9-10H2,1-2H3. The quantitative estimate of drug-likeness (QED) is 0.725. The molecule has 6 heteroatoms. The Morgan fingerprint density at radius 2 is 2.05 bits per heavy atom. The number of aryl methyl sites for hydroxylation is 1. The molecule has 4 nitrogen and oxygen atoms in total. The molecule has 2 aromatic heterocycles. The molecule has 22 heavy (non-hydrogen) atoms. The lowest BCUT2D eigenvalue weighted by atomic mass is 10.2. The third-order valence-electron chi connectivity index (χ3n) is 3.45. The van der Waals surface area contributed by atoms with Crippen molar-refractivity contribution in [1.82, 2.24) is 14.5 Å². The van der Waals surface area contributed by atoms with Crippen molar-refractivity contribution < 1.29 is 5.11 Å². The van der Waals surface area contributed by atoms with E-state index in [2.05, 4.69) is 29.0 Å². The summed E-state index contributed by atoms with van der Waals surface area (Å²) in [6.45, 7) is 2.07. The number of benzene rings is 1. The Hall–Kier alpha value is -1.63. The van der Waals surface area contributed by atoms with Gasteiger partial charge in [0.25, 0.3) is 0 Å². The molecule has 3 aromatic rings. The molecule has 3 rings (SSSR count). The zero-order chi connectivity index (χ0) is 15.5. The van der Waals surface area contributed by atoms with Crippen LogP contribution in [0.1, 0.15) is 16.3 Å². The molecule has 2 heterocycles. The highest BCUT2D eigenvalue weighted by molar-refractivity contribution is 7.98. The van der Waals surface area contributed by atoms with Crippen molar-refractivity contribution in [2.45, 2.75) is 24.4 Å². The smallest absolute Gasteiger partial charge is 0.168 e. The van der Waals surface area contributed by atoms with Crippen LogP contribution < -0.4 is 0 Å². The van der Waals surface area contributed by atoms with Crippen molar-refractivity contribution in [3.8, 4) is 10.6 Å². The molecule has 0 saturated heterocycles. The molecular formula is C16H17N3OS2. The van der Waals surface area contributed by atoms with Crippen LogP contribution in [-0.4, -0.2) is 19.6 Å². The first-order chi connectivity index (χ1) is 10.7. The molecule has 0 amide bonds. The summed E-state index contributed by atoms with van der Waals surface area (Å²) < 4.78 is 1.93. The van der Waals surface area contributed by atoms with E-state index < -0.39 is 0 Å². The number of thioether (sulfide) groups is 1. The largest absolute Gasteiger partial charge is 0.390 e. The predicted octanol–water partition coefficient (Wildman–Crippen LogP) is 3.64. The second kappa shape index (κ2) is 6.64. The predicted molar refractivity (Wildman–Crippen MR) is 91.0 cm³/mol. The molecule has 1 N–H and O–H groups in total. The van der Waals surface area contributed by atoms with Gasteiger partial charge >= 0.3 is 0 Å². The van der Waals surface area contributed by atoms with Gasteiger partial charge in [0.2, 0.25) is 0 Å². The molecular weight excluding hydrogens is 314 g/mol. The lowest BCUT2D eigenvalue weighted by Crippen LogP contribution is -1.97. The van der Waals surface area contributed by atoms with Crippen LogP contribution in [-0.2, 0) is 19.4 Å². The summed E-state index contributed by atoms with van der Waals surface area (Å²) >= 11 is 3.40. The van der Waals surface area contributed by atoms with E-state index >= 15 is 0 Å². The number of aromatic nitrogens is 3. The van der Waals surface area contributed by atoms with Crippen LogP contribution in [0.25, 0.3) is 10.6 Å². The van der Waals surface area contributed by atoms with Gasteiger partial charge < -0.3 is 9.67 Å². The van der Waals surface area contributed by atoms with Gasteiger partial charge in [-0.2, -0.15) is 0 Å². The van der Waals surface area contributed by atoms with E-state index in [0.29, 0.717) is 0 Å². The Kier molecular flexibility index (Phi) is 4.61. The van der Waals surface area contributed by atoms with E-state index in [1.807, 2.05) is 29.8 Å². The normalized spacial score (nSPS) is 11.0. The topological polar surface area (TPSA) is 50.9 Å². The maximum Gasteiger partial charge on any atom is 0.168 e. The fraction of sp³-hybridized carbons (Fsp3) is 0.250. The fourth-order valence-corrected chi connectivity index (χ4v) is 4.29. The third-order valence-corrected chi connectivity index (χ3v) is 5.91. The van der Waals surface area contributed by atoms with Crippen molar-refractivity contribution >= 4 is 23.1 Å². The van der Waals surface area contributed by atoms with Gasteiger partial charge in [-0.15, -0.1) is 11.3 Å². The van der Waals surface area contributed by atoms with Gasteiger partial charge in [-0.25, -0.2) is 9.97 Å². The van der Waals surface area contributed by atoms with Gasteiger partial charge in [0, 0.05) is 23.2 Å². The van der Waals surface area contributed by atoms with Gasteiger partial charge in [0.15, 0.2) is 5.16 Å². The molecule has 0 unspecified atom stereocenters. The zero-order valence-electron chi connectivity index (χ0n) is 12.5. The number of rotatable bonds is 5. The maximum atomic E-state index is 9.21. The van der Waals surface area contributed by atoms with Crippen molar-refractivity contribution in [1.29, 1.82) is 0 Å². The average Bonchev–Trinajstić information content (AvgIpc) is 3.09. The minimum atomic E-state index is 0.0157. The van der Waals surface area contributed by atoms with Crippen LogP contribution in [0.4, 0.5) is 0 Å². The summed E-state index contributed by atoms with van der Waals surface area (Å²) in [5.74, 6) is 0.839. The molecule has 0 aliphatic carbocycles. The molecule has 0 fully saturated rings. The van der Waals surface area contributed by atoms with E-state index in [4.69, 9.17) is 0 Å². The van der Waals surface area contributed by atoms with Crippen LogP contribution in [0.15, 0.2) is 41.7 Å². The van der Waals surface area contributed by atoms with Gasteiger partial charge in [-0.05, 0) is 6.92 Å². The van der Waals surface area contributed by atoms with E-state index in [-0.39, 0.29) is 6.61 Å². The summed E-state index contributed by atoms with van der Waals surface area (Å²) in [5.41, 5.74) is 3.06. The lowest BCUT2D eigenvalue weighted by Gasteiger charge is -2.03. The van der Waals surface area contributed by atoms with E-state index in [1.165, 1.54) is 4.88 Å². The molecule has 0 spiro atoms. The zero-order valence-corrected chi connectivity index (χ0v) is 14.1. The Morgan fingerprint density at radius 3 is 2.73 bits per heavy atom. The molecule has 0 atom stereocenters.